The van der Waals surface area contributed by atoms with Crippen molar-refractivity contribution in [1.29, 1.82) is 0 Å². The highest BCUT2D eigenvalue weighted by molar-refractivity contribution is 5.94. The number of carbonyl (C=O) groups excluding carboxylic acids is 1. The first kappa shape index (κ1) is 22.3. The second-order valence-corrected chi connectivity index (χ2v) is 8.38. The lowest BCUT2D eigenvalue weighted by atomic mass is 10.1. The fourth-order valence-electron chi connectivity index (χ4n) is 4.18. The van der Waals surface area contributed by atoms with E-state index < -0.39 is 0 Å². The van der Waals surface area contributed by atoms with E-state index in [4.69, 9.17) is 0 Å². The predicted molar refractivity (Wildman–Crippen MR) is 131 cm³/mol. The van der Waals surface area contributed by atoms with Crippen molar-refractivity contribution in [3.8, 4) is 0 Å². The number of carbonyl (C=O) groups is 1. The monoisotopic (exact) mass is 444 g/mol. The van der Waals surface area contributed by atoms with Crippen LogP contribution in [0.2, 0.25) is 0 Å². The van der Waals surface area contributed by atoms with E-state index in [0.29, 0.717) is 37.4 Å². The number of benzene rings is 3. The molecule has 3 aromatic rings. The van der Waals surface area contributed by atoms with Gasteiger partial charge in [-0.15, -0.1) is 0 Å². The van der Waals surface area contributed by atoms with Gasteiger partial charge in [-0.25, -0.2) is 0 Å². The van der Waals surface area contributed by atoms with Gasteiger partial charge in [0.15, 0.2) is 0 Å². The quantitative estimate of drug-likeness (QED) is 0.426. The standard InChI is InChI=1S/C26H28N4O3/c1-19-7-6-10-22(17-19)26(31)29-15-13-28(14-16-29)23-11-12-25(30(32)33)24(18-23)27-20(2)21-8-4-3-5-9-21/h3-12,17-18,20,27H,13-16H2,1-2H3. The SMILES string of the molecule is Cc1cccc(C(=O)N2CCN(c3ccc([N+](=O)[O-])c(NC(C)c4ccccc4)c3)CC2)c1. The average molecular weight is 445 g/mol. The minimum atomic E-state index is -0.359. The van der Waals surface area contributed by atoms with Crippen LogP contribution in [0.25, 0.3) is 0 Å². The molecular formula is C26H28N4O3. The van der Waals surface area contributed by atoms with Gasteiger partial charge in [0.25, 0.3) is 11.6 Å². The molecule has 33 heavy (non-hydrogen) atoms. The van der Waals surface area contributed by atoms with E-state index in [1.54, 1.807) is 12.1 Å². The Bertz CT molecular complexity index is 1140. The molecule has 0 spiro atoms. The molecule has 1 aliphatic rings. The fourth-order valence-corrected chi connectivity index (χ4v) is 4.18. The lowest BCUT2D eigenvalue weighted by Crippen LogP contribution is -2.48. The number of nitrogens with zero attached hydrogens (tertiary/aromatic N) is 3. The van der Waals surface area contributed by atoms with Gasteiger partial charge < -0.3 is 15.1 Å². The van der Waals surface area contributed by atoms with Crippen LogP contribution in [0.5, 0.6) is 0 Å². The van der Waals surface area contributed by atoms with Gasteiger partial charge >= 0.3 is 0 Å². The van der Waals surface area contributed by atoms with Crippen LogP contribution in [0, 0.1) is 17.0 Å². The maximum Gasteiger partial charge on any atom is 0.292 e. The smallest absolute Gasteiger partial charge is 0.292 e. The lowest BCUT2D eigenvalue weighted by Gasteiger charge is -2.36. The molecule has 1 amide bonds. The van der Waals surface area contributed by atoms with Crippen LogP contribution in [0.15, 0.2) is 72.8 Å². The van der Waals surface area contributed by atoms with Crippen molar-refractivity contribution in [2.75, 3.05) is 36.4 Å². The van der Waals surface area contributed by atoms with Crippen LogP contribution in [0.1, 0.15) is 34.5 Å². The van der Waals surface area contributed by atoms with E-state index in [2.05, 4.69) is 10.2 Å². The predicted octanol–water partition coefficient (Wildman–Crippen LogP) is 5.04. The van der Waals surface area contributed by atoms with Gasteiger partial charge in [-0.3, -0.25) is 14.9 Å². The first-order valence-electron chi connectivity index (χ1n) is 11.1. The zero-order chi connectivity index (χ0) is 23.4. The summed E-state index contributed by atoms with van der Waals surface area (Å²) in [5.41, 5.74) is 4.28. The Morgan fingerprint density at radius 1 is 0.970 bits per heavy atom. The Kier molecular flexibility index (Phi) is 6.58. The first-order valence-corrected chi connectivity index (χ1v) is 11.1. The summed E-state index contributed by atoms with van der Waals surface area (Å²) >= 11 is 0. The molecule has 0 radical (unpaired) electrons. The number of nitro groups is 1. The molecule has 170 valence electrons. The first-order chi connectivity index (χ1) is 15.9. The van der Waals surface area contributed by atoms with Gasteiger partial charge in [0, 0.05) is 49.5 Å². The molecular weight excluding hydrogens is 416 g/mol. The van der Waals surface area contributed by atoms with Crippen LogP contribution in [0.3, 0.4) is 0 Å². The minimum Gasteiger partial charge on any atom is -0.373 e. The molecule has 0 bridgehead atoms. The summed E-state index contributed by atoms with van der Waals surface area (Å²) in [4.78, 5) is 28.1. The second-order valence-electron chi connectivity index (χ2n) is 8.38. The van der Waals surface area contributed by atoms with Crippen LogP contribution in [-0.4, -0.2) is 41.9 Å². The number of nitro benzene ring substituents is 1. The van der Waals surface area contributed by atoms with Gasteiger partial charge in [0.2, 0.25) is 0 Å². The largest absolute Gasteiger partial charge is 0.373 e. The highest BCUT2D eigenvalue weighted by atomic mass is 16.6. The molecule has 1 atom stereocenters. The van der Waals surface area contributed by atoms with E-state index in [9.17, 15) is 14.9 Å². The molecule has 7 heteroatoms. The van der Waals surface area contributed by atoms with Gasteiger partial charge in [0.1, 0.15) is 5.69 Å². The van der Waals surface area contributed by atoms with Gasteiger partial charge in [-0.05, 0) is 43.7 Å². The summed E-state index contributed by atoms with van der Waals surface area (Å²) in [6.45, 7) is 6.51. The molecule has 1 N–H and O–H groups in total. The van der Waals surface area contributed by atoms with Crippen molar-refractivity contribution in [2.24, 2.45) is 0 Å². The summed E-state index contributed by atoms with van der Waals surface area (Å²) in [5.74, 6) is 0.0427. The van der Waals surface area contributed by atoms with Gasteiger partial charge in [-0.2, -0.15) is 0 Å². The third kappa shape index (κ3) is 5.14. The Morgan fingerprint density at radius 2 is 1.70 bits per heavy atom. The molecule has 4 rings (SSSR count). The summed E-state index contributed by atoms with van der Waals surface area (Å²) in [6, 6.07) is 22.6. The Morgan fingerprint density at radius 3 is 2.36 bits per heavy atom. The summed E-state index contributed by atoms with van der Waals surface area (Å²) in [6.07, 6.45) is 0. The number of hydrogen-bond acceptors (Lipinski definition) is 5. The van der Waals surface area contributed by atoms with Crippen LogP contribution in [0.4, 0.5) is 17.1 Å². The van der Waals surface area contributed by atoms with Crippen LogP contribution in [-0.2, 0) is 0 Å². The number of amides is 1. The van der Waals surface area contributed by atoms with E-state index >= 15 is 0 Å². The highest BCUT2D eigenvalue weighted by Gasteiger charge is 2.24. The fraction of sp³-hybridized carbons (Fsp3) is 0.269. The van der Waals surface area contributed by atoms with Crippen molar-refractivity contribution < 1.29 is 9.72 Å². The zero-order valence-electron chi connectivity index (χ0n) is 18.9. The molecule has 0 saturated carbocycles. The number of rotatable bonds is 6. The maximum atomic E-state index is 12.8. The Labute approximate surface area is 193 Å². The zero-order valence-corrected chi connectivity index (χ0v) is 18.9. The van der Waals surface area contributed by atoms with Crippen molar-refractivity contribution >= 4 is 23.0 Å². The number of aryl methyl sites for hydroxylation is 1. The molecule has 1 unspecified atom stereocenters. The lowest BCUT2D eigenvalue weighted by molar-refractivity contribution is -0.384. The van der Waals surface area contributed by atoms with Crippen molar-refractivity contribution in [1.82, 2.24) is 4.90 Å². The van der Waals surface area contributed by atoms with Crippen molar-refractivity contribution in [3.63, 3.8) is 0 Å². The van der Waals surface area contributed by atoms with Gasteiger partial charge in [0.05, 0.1) is 4.92 Å². The summed E-state index contributed by atoms with van der Waals surface area (Å²) < 4.78 is 0. The molecule has 1 aliphatic heterocycles. The third-order valence-electron chi connectivity index (χ3n) is 6.05. The third-order valence-corrected chi connectivity index (χ3v) is 6.05. The van der Waals surface area contributed by atoms with Gasteiger partial charge in [-0.1, -0.05) is 48.0 Å². The number of nitrogens with one attached hydrogen (secondary N) is 1. The number of hydrogen-bond donors (Lipinski definition) is 1. The summed E-state index contributed by atoms with van der Waals surface area (Å²) in [7, 11) is 0. The van der Waals surface area contributed by atoms with Crippen molar-refractivity contribution in [2.45, 2.75) is 19.9 Å². The highest BCUT2D eigenvalue weighted by Crippen LogP contribution is 2.33. The minimum absolute atomic E-state index is 0.0427. The molecule has 1 saturated heterocycles. The molecule has 7 nitrogen and oxygen atoms in total. The molecule has 1 heterocycles. The van der Waals surface area contributed by atoms with Crippen LogP contribution >= 0.6 is 0 Å². The van der Waals surface area contributed by atoms with Crippen LogP contribution < -0.4 is 10.2 Å². The molecule has 1 fully saturated rings. The second kappa shape index (κ2) is 9.73. The molecule has 0 aromatic heterocycles. The van der Waals surface area contributed by atoms with E-state index in [1.165, 1.54) is 0 Å². The summed E-state index contributed by atoms with van der Waals surface area (Å²) in [5, 5.41) is 14.9. The average Bonchev–Trinajstić information content (AvgIpc) is 2.84. The topological polar surface area (TPSA) is 78.7 Å². The number of piperazine rings is 1. The Balaban J connectivity index is 1.47. The Hall–Kier alpha value is -3.87. The maximum absolute atomic E-state index is 12.8. The number of anilines is 2. The van der Waals surface area contributed by atoms with E-state index in [0.717, 1.165) is 16.8 Å². The van der Waals surface area contributed by atoms with E-state index in [-0.39, 0.29) is 22.6 Å². The molecule has 3 aromatic carbocycles. The molecule has 0 aliphatic carbocycles. The normalized spacial score (nSPS) is 14.6. The van der Waals surface area contributed by atoms with E-state index in [1.807, 2.05) is 79.4 Å². The van der Waals surface area contributed by atoms with Crippen molar-refractivity contribution in [3.05, 3.63) is 99.6 Å².